The van der Waals surface area contributed by atoms with Crippen LogP contribution in [0.15, 0.2) is 53.7 Å². The van der Waals surface area contributed by atoms with Crippen LogP contribution in [0.3, 0.4) is 0 Å². The monoisotopic (exact) mass is 326 g/mol. The molecule has 1 unspecified atom stereocenters. The first-order chi connectivity index (χ1) is 11.5. The van der Waals surface area contributed by atoms with E-state index in [9.17, 15) is 14.0 Å². The van der Waals surface area contributed by atoms with Crippen molar-refractivity contribution in [3.05, 3.63) is 65.5 Å². The molecular weight excluding hydrogens is 311 g/mol. The van der Waals surface area contributed by atoms with Gasteiger partial charge in [-0.25, -0.2) is 4.39 Å². The number of hydrogen-bond donors (Lipinski definition) is 1. The quantitative estimate of drug-likeness (QED) is 0.878. The van der Waals surface area contributed by atoms with E-state index in [1.165, 1.54) is 19.1 Å². The number of carbonyl (C=O) groups is 2. The smallest absolute Gasteiger partial charge is 0.268 e. The van der Waals surface area contributed by atoms with Crippen LogP contribution < -0.4 is 5.32 Å². The predicted octanol–water partition coefficient (Wildman–Crippen LogP) is 3.16. The second-order valence-electron chi connectivity index (χ2n) is 5.47. The number of hydrogen-bond acceptors (Lipinski definition) is 4. The van der Waals surface area contributed by atoms with Gasteiger partial charge >= 0.3 is 0 Å². The molecule has 1 N–H and O–H groups in total. The molecule has 6 heteroatoms. The average Bonchev–Trinajstić information content (AvgIpc) is 3.05. The van der Waals surface area contributed by atoms with Crippen molar-refractivity contribution >= 4 is 23.1 Å². The van der Waals surface area contributed by atoms with E-state index in [0.29, 0.717) is 22.5 Å². The second-order valence-corrected chi connectivity index (χ2v) is 5.47. The van der Waals surface area contributed by atoms with Crippen LogP contribution in [0.2, 0.25) is 0 Å². The lowest BCUT2D eigenvalue weighted by atomic mass is 10.0. The first kappa shape index (κ1) is 15.9. The molecule has 2 aromatic carbocycles. The number of benzene rings is 2. The number of halogens is 1. The molecule has 3 rings (SSSR count). The van der Waals surface area contributed by atoms with Gasteiger partial charge in [0.15, 0.2) is 5.78 Å². The highest BCUT2D eigenvalue weighted by molar-refractivity contribution is 6.06. The third-order valence-corrected chi connectivity index (χ3v) is 3.66. The number of rotatable bonds is 4. The zero-order valence-electron chi connectivity index (χ0n) is 13.0. The molecule has 1 atom stereocenters. The molecule has 24 heavy (non-hydrogen) atoms. The summed E-state index contributed by atoms with van der Waals surface area (Å²) in [5, 5.41) is 6.57. The SMILES string of the molecule is CC(=O)c1cccc(NC(=O)C2CC(c3cccc(F)c3)=NO2)c1. The van der Waals surface area contributed by atoms with E-state index in [0.717, 1.165) is 0 Å². The topological polar surface area (TPSA) is 67.8 Å². The van der Waals surface area contributed by atoms with Gasteiger partial charge in [0.1, 0.15) is 5.82 Å². The van der Waals surface area contributed by atoms with Crippen LogP contribution in [0.25, 0.3) is 0 Å². The Kier molecular flexibility index (Phi) is 4.37. The number of oxime groups is 1. The molecule has 0 radical (unpaired) electrons. The van der Waals surface area contributed by atoms with E-state index in [1.807, 2.05) is 0 Å². The molecule has 5 nitrogen and oxygen atoms in total. The van der Waals surface area contributed by atoms with Crippen LogP contribution in [0.1, 0.15) is 29.3 Å². The van der Waals surface area contributed by atoms with E-state index in [4.69, 9.17) is 4.84 Å². The number of nitrogens with zero attached hydrogens (tertiary/aromatic N) is 1. The molecule has 122 valence electrons. The summed E-state index contributed by atoms with van der Waals surface area (Å²) in [6.07, 6.45) is -0.536. The minimum absolute atomic E-state index is 0.0834. The molecule has 0 fully saturated rings. The lowest BCUT2D eigenvalue weighted by Crippen LogP contribution is -2.28. The maximum absolute atomic E-state index is 13.3. The lowest BCUT2D eigenvalue weighted by Gasteiger charge is -2.10. The van der Waals surface area contributed by atoms with E-state index in [1.54, 1.807) is 36.4 Å². The van der Waals surface area contributed by atoms with Crippen molar-refractivity contribution in [2.75, 3.05) is 5.32 Å². The van der Waals surface area contributed by atoms with E-state index in [2.05, 4.69) is 10.5 Å². The van der Waals surface area contributed by atoms with Crippen LogP contribution in [-0.4, -0.2) is 23.5 Å². The van der Waals surface area contributed by atoms with Crippen LogP contribution >= 0.6 is 0 Å². The molecule has 0 bridgehead atoms. The summed E-state index contributed by atoms with van der Waals surface area (Å²) < 4.78 is 13.3. The summed E-state index contributed by atoms with van der Waals surface area (Å²) in [5.74, 6) is -0.824. The summed E-state index contributed by atoms with van der Waals surface area (Å²) in [5.41, 5.74) is 2.13. The highest BCUT2D eigenvalue weighted by Gasteiger charge is 2.29. The molecule has 1 aliphatic heterocycles. The maximum Gasteiger partial charge on any atom is 0.268 e. The van der Waals surface area contributed by atoms with Gasteiger partial charge in [-0.15, -0.1) is 0 Å². The van der Waals surface area contributed by atoms with Crippen molar-refractivity contribution in [2.45, 2.75) is 19.4 Å². The van der Waals surface area contributed by atoms with Gasteiger partial charge in [-0.1, -0.05) is 29.4 Å². The Labute approximate surface area is 138 Å². The zero-order valence-corrected chi connectivity index (χ0v) is 13.0. The standard InChI is InChI=1S/C18H15FN2O3/c1-11(22)12-4-3-7-15(9-12)20-18(23)17-10-16(21-24-17)13-5-2-6-14(19)8-13/h2-9,17H,10H2,1H3,(H,20,23). The van der Waals surface area contributed by atoms with Crippen LogP contribution in [0.5, 0.6) is 0 Å². The number of carbonyl (C=O) groups excluding carboxylic acids is 2. The van der Waals surface area contributed by atoms with E-state index in [-0.39, 0.29) is 23.9 Å². The average molecular weight is 326 g/mol. The second kappa shape index (κ2) is 6.62. The van der Waals surface area contributed by atoms with Gasteiger partial charge in [0.2, 0.25) is 6.10 Å². The van der Waals surface area contributed by atoms with Gasteiger partial charge in [-0.05, 0) is 31.2 Å². The minimum Gasteiger partial charge on any atom is -0.382 e. The first-order valence-electron chi connectivity index (χ1n) is 7.43. The fraction of sp³-hybridized carbons (Fsp3) is 0.167. The van der Waals surface area contributed by atoms with E-state index >= 15 is 0 Å². The predicted molar refractivity (Wildman–Crippen MR) is 87.5 cm³/mol. The van der Waals surface area contributed by atoms with Gasteiger partial charge in [0, 0.05) is 23.2 Å². The molecule has 0 spiro atoms. The normalized spacial score (nSPS) is 16.2. The van der Waals surface area contributed by atoms with Gasteiger partial charge in [0.05, 0.1) is 5.71 Å². The number of anilines is 1. The Bertz CT molecular complexity index is 833. The molecule has 2 aromatic rings. The van der Waals surface area contributed by atoms with Gasteiger partial charge in [-0.3, -0.25) is 9.59 Å². The fourth-order valence-electron chi connectivity index (χ4n) is 2.40. The minimum atomic E-state index is -0.788. The highest BCUT2D eigenvalue weighted by atomic mass is 19.1. The van der Waals surface area contributed by atoms with Crippen molar-refractivity contribution in [1.29, 1.82) is 0 Å². The molecule has 1 heterocycles. The molecular formula is C18H15FN2O3. The van der Waals surface area contributed by atoms with Crippen molar-refractivity contribution < 1.29 is 18.8 Å². The number of ketones is 1. The maximum atomic E-state index is 13.3. The van der Waals surface area contributed by atoms with Crippen LogP contribution in [-0.2, 0) is 9.63 Å². The van der Waals surface area contributed by atoms with Gasteiger partial charge in [-0.2, -0.15) is 0 Å². The summed E-state index contributed by atoms with van der Waals surface area (Å²) in [6.45, 7) is 1.46. The molecule has 0 aliphatic carbocycles. The van der Waals surface area contributed by atoms with Crippen molar-refractivity contribution in [2.24, 2.45) is 5.16 Å². The Morgan fingerprint density at radius 3 is 2.75 bits per heavy atom. The molecule has 0 saturated carbocycles. The molecule has 1 aliphatic rings. The van der Waals surface area contributed by atoms with Crippen LogP contribution in [0, 0.1) is 5.82 Å². The zero-order chi connectivity index (χ0) is 17.1. The van der Waals surface area contributed by atoms with Crippen molar-refractivity contribution in [3.8, 4) is 0 Å². The summed E-state index contributed by atoms with van der Waals surface area (Å²) in [7, 11) is 0. The summed E-state index contributed by atoms with van der Waals surface area (Å²) in [4.78, 5) is 28.8. The lowest BCUT2D eigenvalue weighted by molar-refractivity contribution is -0.125. The molecule has 0 aromatic heterocycles. The molecule has 1 amide bonds. The van der Waals surface area contributed by atoms with Gasteiger partial charge in [0.25, 0.3) is 5.91 Å². The summed E-state index contributed by atoms with van der Waals surface area (Å²) >= 11 is 0. The molecule has 0 saturated heterocycles. The number of nitrogens with one attached hydrogen (secondary N) is 1. The van der Waals surface area contributed by atoms with Crippen LogP contribution in [0.4, 0.5) is 10.1 Å². The highest BCUT2D eigenvalue weighted by Crippen LogP contribution is 2.19. The number of amides is 1. The Balaban J connectivity index is 1.66. The van der Waals surface area contributed by atoms with E-state index < -0.39 is 6.10 Å². The third kappa shape index (κ3) is 3.48. The summed E-state index contributed by atoms with van der Waals surface area (Å²) in [6, 6.07) is 12.6. The first-order valence-corrected chi connectivity index (χ1v) is 7.43. The Morgan fingerprint density at radius 1 is 1.21 bits per heavy atom. The van der Waals surface area contributed by atoms with Crippen molar-refractivity contribution in [3.63, 3.8) is 0 Å². The third-order valence-electron chi connectivity index (χ3n) is 3.66. The Morgan fingerprint density at radius 2 is 2.00 bits per heavy atom. The largest absolute Gasteiger partial charge is 0.382 e. The fourth-order valence-corrected chi connectivity index (χ4v) is 2.40. The number of Topliss-reactive ketones (excluding diaryl/α,β-unsaturated/α-hetero) is 1. The van der Waals surface area contributed by atoms with Crippen molar-refractivity contribution in [1.82, 2.24) is 0 Å². The van der Waals surface area contributed by atoms with Gasteiger partial charge < -0.3 is 10.2 Å². The Hall–Kier alpha value is -3.02.